The van der Waals surface area contributed by atoms with Crippen molar-refractivity contribution in [2.75, 3.05) is 6.54 Å². The Morgan fingerprint density at radius 1 is 1.67 bits per heavy atom. The lowest BCUT2D eigenvalue weighted by Crippen LogP contribution is -2.28. The number of carbonyl (C=O) groups excluding carboxylic acids is 1. The van der Waals surface area contributed by atoms with Crippen LogP contribution < -0.4 is 5.32 Å². The quantitative estimate of drug-likeness (QED) is 0.660. The number of carboxylic acid groups (broad SMARTS) is 1. The number of hydrogen-bond acceptors (Lipinski definition) is 3. The van der Waals surface area contributed by atoms with Gasteiger partial charge in [-0.1, -0.05) is 0 Å². The van der Waals surface area contributed by atoms with Gasteiger partial charge in [0.15, 0.2) is 6.26 Å². The second-order valence-corrected chi connectivity index (χ2v) is 2.01. The van der Waals surface area contributed by atoms with Crippen molar-refractivity contribution in [2.24, 2.45) is 0 Å². The van der Waals surface area contributed by atoms with Crippen molar-refractivity contribution < 1.29 is 19.1 Å². The monoisotopic (exact) mass is 168 g/mol. The van der Waals surface area contributed by atoms with Crippen LogP contribution in [-0.2, 0) is 4.79 Å². The molecule has 1 heterocycles. The highest BCUT2D eigenvalue weighted by molar-refractivity contribution is 5.95. The average molecular weight is 168 g/mol. The zero-order valence-electron chi connectivity index (χ0n) is 6.03. The van der Waals surface area contributed by atoms with Gasteiger partial charge in [0.05, 0.1) is 11.8 Å². The van der Waals surface area contributed by atoms with Gasteiger partial charge in [0, 0.05) is 0 Å². The first-order chi connectivity index (χ1) is 5.70. The van der Waals surface area contributed by atoms with E-state index in [1.807, 2.05) is 0 Å². The number of carboxylic acids is 1. The zero-order chi connectivity index (χ0) is 8.97. The van der Waals surface area contributed by atoms with Crippen LogP contribution in [0.3, 0.4) is 0 Å². The smallest absolute Gasteiger partial charge is 0.322 e. The Morgan fingerprint density at radius 2 is 2.42 bits per heavy atom. The van der Waals surface area contributed by atoms with Crippen molar-refractivity contribution in [2.45, 2.75) is 0 Å². The van der Waals surface area contributed by atoms with Crippen LogP contribution in [0.25, 0.3) is 0 Å². The first kappa shape index (κ1) is 8.32. The van der Waals surface area contributed by atoms with Crippen LogP contribution in [0.1, 0.15) is 10.4 Å². The molecule has 0 atom stereocenters. The Bertz CT molecular complexity index is 278. The Kier molecular flexibility index (Phi) is 2.47. The molecule has 5 nitrogen and oxygen atoms in total. The van der Waals surface area contributed by atoms with Gasteiger partial charge in [-0.2, -0.15) is 0 Å². The third kappa shape index (κ3) is 2.12. The van der Waals surface area contributed by atoms with Gasteiger partial charge in [0.1, 0.15) is 6.54 Å². The van der Waals surface area contributed by atoms with Gasteiger partial charge < -0.3 is 14.8 Å². The number of nitrogens with one attached hydrogen (secondary N) is 1. The van der Waals surface area contributed by atoms with E-state index in [9.17, 15) is 9.59 Å². The summed E-state index contributed by atoms with van der Waals surface area (Å²) in [7, 11) is 0. The molecule has 0 bridgehead atoms. The molecule has 0 fully saturated rings. The summed E-state index contributed by atoms with van der Waals surface area (Å²) in [6.45, 7) is -0.405. The Labute approximate surface area is 68.0 Å². The van der Waals surface area contributed by atoms with Crippen molar-refractivity contribution >= 4 is 11.9 Å². The van der Waals surface area contributed by atoms with Crippen molar-refractivity contribution in [1.82, 2.24) is 5.32 Å². The molecule has 0 aliphatic carbocycles. The minimum absolute atomic E-state index is 0.191. The van der Waals surface area contributed by atoms with Crippen LogP contribution in [0.2, 0.25) is 0 Å². The zero-order valence-corrected chi connectivity index (χ0v) is 6.03. The molecule has 1 aromatic rings. The number of hydrogen-bond donors (Lipinski definition) is 2. The minimum atomic E-state index is -1.09. The maximum Gasteiger partial charge on any atom is 0.322 e. The SMILES string of the molecule is O=C(O)CNC(=O)c1[c]occ1. The summed E-state index contributed by atoms with van der Waals surface area (Å²) in [5, 5.41) is 10.4. The predicted octanol–water partition coefficient (Wildman–Crippen LogP) is -0.106. The van der Waals surface area contributed by atoms with Crippen LogP contribution in [0.15, 0.2) is 16.7 Å². The highest BCUT2D eigenvalue weighted by atomic mass is 16.4. The molecule has 0 aliphatic heterocycles. The molecule has 0 aliphatic rings. The van der Waals surface area contributed by atoms with E-state index in [-0.39, 0.29) is 5.56 Å². The second kappa shape index (κ2) is 3.56. The maximum atomic E-state index is 10.9. The minimum Gasteiger partial charge on any atom is -0.480 e. The summed E-state index contributed by atoms with van der Waals surface area (Å²) in [5.74, 6) is -1.60. The topological polar surface area (TPSA) is 79.5 Å². The molecule has 1 amide bonds. The molecule has 0 aromatic carbocycles. The molecule has 2 N–H and O–H groups in total. The Morgan fingerprint density at radius 3 is 2.92 bits per heavy atom. The lowest BCUT2D eigenvalue weighted by molar-refractivity contribution is -0.135. The van der Waals surface area contributed by atoms with Gasteiger partial charge >= 0.3 is 5.97 Å². The van der Waals surface area contributed by atoms with Gasteiger partial charge in [0.2, 0.25) is 0 Å². The van der Waals surface area contributed by atoms with Crippen LogP contribution in [0.5, 0.6) is 0 Å². The molecule has 0 saturated carbocycles. The molecule has 1 rings (SSSR count). The third-order valence-electron chi connectivity index (χ3n) is 1.12. The number of amides is 1. The molecule has 5 heteroatoms. The van der Waals surface area contributed by atoms with Crippen LogP contribution >= 0.6 is 0 Å². The van der Waals surface area contributed by atoms with Gasteiger partial charge in [-0.3, -0.25) is 9.59 Å². The largest absolute Gasteiger partial charge is 0.480 e. The van der Waals surface area contributed by atoms with Crippen molar-refractivity contribution in [1.29, 1.82) is 0 Å². The fourth-order valence-electron chi connectivity index (χ4n) is 0.607. The average Bonchev–Trinajstić information content (AvgIpc) is 2.51. The lowest BCUT2D eigenvalue weighted by Gasteiger charge is -1.96. The molecule has 1 aromatic heterocycles. The number of furan rings is 1. The number of carbonyl (C=O) groups is 2. The third-order valence-corrected chi connectivity index (χ3v) is 1.12. The van der Waals surface area contributed by atoms with Gasteiger partial charge in [-0.15, -0.1) is 0 Å². The molecular formula is C7H6NO4. The van der Waals surface area contributed by atoms with Crippen molar-refractivity contribution in [3.05, 3.63) is 24.2 Å². The number of aliphatic carboxylic acids is 1. The number of rotatable bonds is 3. The second-order valence-electron chi connectivity index (χ2n) is 2.01. The lowest BCUT2D eigenvalue weighted by atomic mass is 10.3. The van der Waals surface area contributed by atoms with E-state index in [1.165, 1.54) is 12.3 Å². The van der Waals surface area contributed by atoms with Crippen molar-refractivity contribution in [3.8, 4) is 0 Å². The molecule has 12 heavy (non-hydrogen) atoms. The standard InChI is InChI=1S/C7H6NO4/c9-6(10)3-8-7(11)5-1-2-12-4-5/h1-2H,3H2,(H,8,11)(H,9,10). The van der Waals surface area contributed by atoms with E-state index >= 15 is 0 Å². The van der Waals surface area contributed by atoms with Crippen LogP contribution in [-0.4, -0.2) is 23.5 Å². The van der Waals surface area contributed by atoms with Gasteiger partial charge in [-0.05, 0) is 6.07 Å². The normalized spacial score (nSPS) is 9.33. The fourth-order valence-corrected chi connectivity index (χ4v) is 0.607. The molecule has 0 unspecified atom stereocenters. The van der Waals surface area contributed by atoms with E-state index in [2.05, 4.69) is 16.0 Å². The molecular weight excluding hydrogens is 162 g/mol. The molecule has 1 radical (unpaired) electrons. The van der Waals surface area contributed by atoms with E-state index in [1.54, 1.807) is 0 Å². The first-order valence-corrected chi connectivity index (χ1v) is 3.15. The first-order valence-electron chi connectivity index (χ1n) is 3.15. The summed E-state index contributed by atoms with van der Waals surface area (Å²) < 4.78 is 4.51. The predicted molar refractivity (Wildman–Crippen MR) is 37.5 cm³/mol. The van der Waals surface area contributed by atoms with Crippen LogP contribution in [0.4, 0.5) is 0 Å². The van der Waals surface area contributed by atoms with Crippen LogP contribution in [0, 0.1) is 6.26 Å². The Hall–Kier alpha value is -1.78. The molecule has 63 valence electrons. The summed E-state index contributed by atoms with van der Waals surface area (Å²) in [5.41, 5.74) is 0.191. The fraction of sp³-hybridized carbons (Fsp3) is 0.143. The van der Waals surface area contributed by atoms with E-state index < -0.39 is 18.4 Å². The van der Waals surface area contributed by atoms with Gasteiger partial charge in [-0.25, -0.2) is 0 Å². The highest BCUT2D eigenvalue weighted by Gasteiger charge is 2.07. The van der Waals surface area contributed by atoms with Crippen molar-refractivity contribution in [3.63, 3.8) is 0 Å². The van der Waals surface area contributed by atoms with Gasteiger partial charge in [0.25, 0.3) is 5.91 Å². The molecule has 0 spiro atoms. The Balaban J connectivity index is 2.45. The summed E-state index contributed by atoms with van der Waals surface area (Å²) in [6.07, 6.45) is 3.57. The van der Waals surface area contributed by atoms with E-state index in [0.29, 0.717) is 0 Å². The summed E-state index contributed by atoms with van der Waals surface area (Å²) in [4.78, 5) is 21.0. The van der Waals surface area contributed by atoms with E-state index in [4.69, 9.17) is 5.11 Å². The summed E-state index contributed by atoms with van der Waals surface area (Å²) in [6, 6.07) is 1.40. The summed E-state index contributed by atoms with van der Waals surface area (Å²) >= 11 is 0. The maximum absolute atomic E-state index is 10.9. The molecule has 0 saturated heterocycles. The highest BCUT2D eigenvalue weighted by Crippen LogP contribution is 1.97. The van der Waals surface area contributed by atoms with E-state index in [0.717, 1.165) is 0 Å².